The summed E-state index contributed by atoms with van der Waals surface area (Å²) in [6.45, 7) is 6.21. The van der Waals surface area contributed by atoms with Gasteiger partial charge in [0.05, 0.1) is 11.6 Å². The molecule has 0 aromatic heterocycles. The van der Waals surface area contributed by atoms with E-state index in [1.165, 1.54) is 12.8 Å². The summed E-state index contributed by atoms with van der Waals surface area (Å²) in [5.74, 6) is 0.221. The number of piperazine rings is 1. The molecule has 1 amide bonds. The molecule has 5 nitrogen and oxygen atoms in total. The van der Waals surface area contributed by atoms with E-state index in [0.717, 1.165) is 76.3 Å². The second-order valence-corrected chi connectivity index (χ2v) is 8.98. The molecule has 2 aliphatic rings. The quantitative estimate of drug-likeness (QED) is 0.696. The van der Waals surface area contributed by atoms with Gasteiger partial charge in [0.2, 0.25) is 11.3 Å². The molecule has 4 rings (SSSR count). The lowest BCUT2D eigenvalue weighted by atomic mass is 9.93. The molecule has 0 bridgehead atoms. The van der Waals surface area contributed by atoms with E-state index in [-0.39, 0.29) is 11.3 Å². The van der Waals surface area contributed by atoms with Crippen molar-refractivity contribution in [2.45, 2.75) is 38.0 Å². The summed E-state index contributed by atoms with van der Waals surface area (Å²) in [5, 5.41) is 0. The fraction of sp³-hybridized carbons (Fsp3) is 0.481. The molecule has 0 aliphatic carbocycles. The minimum Gasteiger partial charge on any atom is -0.366 e. The van der Waals surface area contributed by atoms with Gasteiger partial charge in [0.15, 0.2) is 0 Å². The summed E-state index contributed by atoms with van der Waals surface area (Å²) in [6, 6.07) is 19.5. The normalized spacial score (nSPS) is 18.8. The van der Waals surface area contributed by atoms with Crippen LogP contribution in [0.5, 0.6) is 0 Å². The summed E-state index contributed by atoms with van der Waals surface area (Å²) in [6.07, 6.45) is 5.54. The smallest absolute Gasteiger partial charge is 0.230 e. The predicted molar refractivity (Wildman–Crippen MR) is 130 cm³/mol. The van der Waals surface area contributed by atoms with Gasteiger partial charge in [-0.2, -0.15) is 0 Å². The van der Waals surface area contributed by atoms with Crippen LogP contribution >= 0.6 is 0 Å². The van der Waals surface area contributed by atoms with Crippen molar-refractivity contribution in [2.24, 2.45) is 0 Å². The van der Waals surface area contributed by atoms with E-state index in [1.807, 2.05) is 36.4 Å². The summed E-state index contributed by atoms with van der Waals surface area (Å²) < 4.78 is 0. The number of benzene rings is 1. The molecule has 0 N–H and O–H groups in total. The fourth-order valence-corrected chi connectivity index (χ4v) is 4.94. The Morgan fingerprint density at radius 2 is 1.38 bits per heavy atom. The van der Waals surface area contributed by atoms with Crippen LogP contribution in [0.25, 0.3) is 0 Å². The third-order valence-electron chi connectivity index (χ3n) is 6.84. The lowest BCUT2D eigenvalue weighted by molar-refractivity contribution is -0.133. The van der Waals surface area contributed by atoms with Crippen LogP contribution in [-0.4, -0.2) is 61.5 Å². The molecular weight excluding hydrogens is 398 g/mol. The molecule has 1 atom stereocenters. The SMILES string of the molecule is O=C(C(CCN1CCN(c2cccccc2=O)CC1)c1ccccc1)N1CCCCCC1. The van der Waals surface area contributed by atoms with E-state index < -0.39 is 0 Å². The van der Waals surface area contributed by atoms with Gasteiger partial charge in [0, 0.05) is 39.3 Å². The number of hydrogen-bond acceptors (Lipinski definition) is 4. The first-order valence-corrected chi connectivity index (χ1v) is 12.1. The molecule has 32 heavy (non-hydrogen) atoms. The summed E-state index contributed by atoms with van der Waals surface area (Å²) in [4.78, 5) is 32.6. The third-order valence-corrected chi connectivity index (χ3v) is 6.84. The zero-order valence-electron chi connectivity index (χ0n) is 19.0. The average Bonchev–Trinajstić information content (AvgIpc) is 3.23. The maximum absolute atomic E-state index is 13.5. The van der Waals surface area contributed by atoms with Crippen LogP contribution < -0.4 is 10.3 Å². The molecule has 5 heteroatoms. The zero-order chi connectivity index (χ0) is 22.2. The predicted octanol–water partition coefficient (Wildman–Crippen LogP) is 3.75. The summed E-state index contributed by atoms with van der Waals surface area (Å²) in [5.41, 5.74) is 2.00. The first kappa shape index (κ1) is 22.5. The highest BCUT2D eigenvalue weighted by atomic mass is 16.2. The molecule has 2 aromatic carbocycles. The van der Waals surface area contributed by atoms with Gasteiger partial charge in [0.25, 0.3) is 0 Å². The van der Waals surface area contributed by atoms with Gasteiger partial charge in [-0.3, -0.25) is 14.5 Å². The summed E-state index contributed by atoms with van der Waals surface area (Å²) >= 11 is 0. The monoisotopic (exact) mass is 433 g/mol. The second kappa shape index (κ2) is 11.3. The number of carbonyl (C=O) groups excluding carboxylic acids is 1. The Hall–Kier alpha value is -2.66. The van der Waals surface area contributed by atoms with E-state index >= 15 is 0 Å². The van der Waals surface area contributed by atoms with E-state index in [9.17, 15) is 9.59 Å². The van der Waals surface area contributed by atoms with Crippen LogP contribution in [0.15, 0.2) is 65.5 Å². The maximum Gasteiger partial charge on any atom is 0.230 e. The highest BCUT2D eigenvalue weighted by Gasteiger charge is 2.27. The Bertz CT molecular complexity index is 917. The minimum atomic E-state index is -0.0752. The van der Waals surface area contributed by atoms with E-state index in [0.29, 0.717) is 5.91 Å². The van der Waals surface area contributed by atoms with Gasteiger partial charge < -0.3 is 9.80 Å². The first-order chi connectivity index (χ1) is 15.7. The summed E-state index contributed by atoms with van der Waals surface area (Å²) in [7, 11) is 0. The zero-order valence-corrected chi connectivity index (χ0v) is 19.0. The number of hydrogen-bond donors (Lipinski definition) is 0. The van der Waals surface area contributed by atoms with E-state index in [1.54, 1.807) is 12.1 Å². The lowest BCUT2D eigenvalue weighted by Crippen LogP contribution is -2.48. The van der Waals surface area contributed by atoms with Crippen molar-refractivity contribution in [3.63, 3.8) is 0 Å². The number of nitrogens with zero attached hydrogens (tertiary/aromatic N) is 3. The first-order valence-electron chi connectivity index (χ1n) is 12.1. The topological polar surface area (TPSA) is 43.9 Å². The van der Waals surface area contributed by atoms with Gasteiger partial charge in [-0.05, 0) is 43.5 Å². The molecule has 0 radical (unpaired) electrons. The molecule has 2 fully saturated rings. The molecule has 170 valence electrons. The van der Waals surface area contributed by atoms with Crippen LogP contribution in [0.2, 0.25) is 0 Å². The lowest BCUT2D eigenvalue weighted by Gasteiger charge is -2.36. The largest absolute Gasteiger partial charge is 0.366 e. The van der Waals surface area contributed by atoms with Crippen molar-refractivity contribution < 1.29 is 4.79 Å². The van der Waals surface area contributed by atoms with Crippen LogP contribution in [0.1, 0.15) is 43.6 Å². The second-order valence-electron chi connectivity index (χ2n) is 8.98. The number of amides is 1. The fourth-order valence-electron chi connectivity index (χ4n) is 4.94. The maximum atomic E-state index is 13.5. The molecule has 0 saturated carbocycles. The molecule has 1 unspecified atom stereocenters. The van der Waals surface area contributed by atoms with Crippen LogP contribution in [-0.2, 0) is 4.79 Å². The van der Waals surface area contributed by atoms with Gasteiger partial charge in [0.1, 0.15) is 0 Å². The Labute approximate surface area is 191 Å². The van der Waals surface area contributed by atoms with Gasteiger partial charge in [-0.1, -0.05) is 61.4 Å². The van der Waals surface area contributed by atoms with Crippen LogP contribution in [0, 0.1) is 0 Å². The number of carbonyl (C=O) groups is 1. The molecular formula is C27H35N3O2. The number of rotatable bonds is 6. The van der Waals surface area contributed by atoms with Gasteiger partial charge in [-0.25, -0.2) is 0 Å². The molecule has 2 saturated heterocycles. The van der Waals surface area contributed by atoms with Gasteiger partial charge >= 0.3 is 0 Å². The highest BCUT2D eigenvalue weighted by Crippen LogP contribution is 2.25. The van der Waals surface area contributed by atoms with Crippen molar-refractivity contribution in [1.82, 2.24) is 9.80 Å². The standard InChI is InChI=1S/C27H35N3O2/c31-26-14-8-4-7-13-25(26)29-21-19-28(20-22-29)18-15-24(23-11-5-3-6-12-23)27(32)30-16-9-1-2-10-17-30/h3-8,11-14,24H,1-2,9-10,15-22H2. The van der Waals surface area contributed by atoms with Crippen molar-refractivity contribution >= 4 is 11.6 Å². The van der Waals surface area contributed by atoms with Crippen LogP contribution in [0.4, 0.5) is 5.69 Å². The van der Waals surface area contributed by atoms with Crippen molar-refractivity contribution in [1.29, 1.82) is 0 Å². The van der Waals surface area contributed by atoms with E-state index in [4.69, 9.17) is 0 Å². The van der Waals surface area contributed by atoms with E-state index in [2.05, 4.69) is 26.8 Å². The van der Waals surface area contributed by atoms with Crippen molar-refractivity contribution in [3.05, 3.63) is 76.5 Å². The molecule has 2 aliphatic heterocycles. The molecule has 2 heterocycles. The van der Waals surface area contributed by atoms with Crippen LogP contribution in [0.3, 0.4) is 0 Å². The Balaban J connectivity index is 1.38. The van der Waals surface area contributed by atoms with Crippen molar-refractivity contribution in [3.8, 4) is 0 Å². The Kier molecular flexibility index (Phi) is 7.94. The third kappa shape index (κ3) is 5.77. The Morgan fingerprint density at radius 1 is 0.750 bits per heavy atom. The van der Waals surface area contributed by atoms with Crippen molar-refractivity contribution in [2.75, 3.05) is 50.7 Å². The Morgan fingerprint density at radius 3 is 2.06 bits per heavy atom. The number of anilines is 1. The minimum absolute atomic E-state index is 0.0752. The molecule has 2 aromatic rings. The highest BCUT2D eigenvalue weighted by molar-refractivity contribution is 5.83. The number of likely N-dealkylation sites (tertiary alicyclic amines) is 1. The van der Waals surface area contributed by atoms with Gasteiger partial charge in [-0.15, -0.1) is 0 Å². The molecule has 0 spiro atoms. The average molecular weight is 434 g/mol.